The second-order valence-electron chi connectivity index (χ2n) is 8.18. The summed E-state index contributed by atoms with van der Waals surface area (Å²) in [7, 11) is 5.30. The van der Waals surface area contributed by atoms with Gasteiger partial charge in [-0.25, -0.2) is 0 Å². The normalized spacial score (nSPS) is 11.0. The molecule has 3 rings (SSSR count). The summed E-state index contributed by atoms with van der Waals surface area (Å²) in [5, 5.41) is 7.55. The quantitative estimate of drug-likeness (QED) is 0.354. The first-order valence-electron chi connectivity index (χ1n) is 11.4. The van der Waals surface area contributed by atoms with Gasteiger partial charge in [-0.2, -0.15) is 5.10 Å². The molecular formula is C27H32N4O3. The largest absolute Gasteiger partial charge is 0.497 e. The van der Waals surface area contributed by atoms with Crippen LogP contribution >= 0.6 is 0 Å². The molecule has 0 aliphatic carbocycles. The topological polar surface area (TPSA) is 76.5 Å². The number of para-hydroxylation sites is 1. The molecule has 34 heavy (non-hydrogen) atoms. The SMILES string of the molecule is CCc1cccc(CC)c1NC(=O)c1cc(C(=O)C=CN(C)C)n(Cc2ccc(OC)cc2)n1. The first kappa shape index (κ1) is 24.8. The Bertz CT molecular complexity index is 1150. The van der Waals surface area contributed by atoms with Crippen molar-refractivity contribution in [3.8, 4) is 5.75 Å². The summed E-state index contributed by atoms with van der Waals surface area (Å²) in [6, 6.07) is 15.1. The summed E-state index contributed by atoms with van der Waals surface area (Å²) in [5.41, 5.74) is 4.43. The summed E-state index contributed by atoms with van der Waals surface area (Å²) >= 11 is 0. The van der Waals surface area contributed by atoms with Crippen molar-refractivity contribution in [2.45, 2.75) is 33.2 Å². The summed E-state index contributed by atoms with van der Waals surface area (Å²) < 4.78 is 6.80. The summed E-state index contributed by atoms with van der Waals surface area (Å²) in [4.78, 5) is 27.9. The van der Waals surface area contributed by atoms with Crippen molar-refractivity contribution in [3.63, 3.8) is 0 Å². The number of ether oxygens (including phenoxy) is 1. The minimum absolute atomic E-state index is 0.197. The molecule has 0 unspecified atom stereocenters. The van der Waals surface area contributed by atoms with E-state index in [2.05, 4.69) is 24.3 Å². The highest BCUT2D eigenvalue weighted by Crippen LogP contribution is 2.23. The molecule has 7 nitrogen and oxygen atoms in total. The lowest BCUT2D eigenvalue weighted by Gasteiger charge is -2.13. The summed E-state index contributed by atoms with van der Waals surface area (Å²) in [6.45, 7) is 4.46. The van der Waals surface area contributed by atoms with Crippen LogP contribution in [0.15, 0.2) is 60.8 Å². The Labute approximate surface area is 201 Å². The third kappa shape index (κ3) is 5.92. The summed E-state index contributed by atoms with van der Waals surface area (Å²) in [6.07, 6.45) is 4.76. The first-order valence-corrected chi connectivity index (χ1v) is 11.4. The lowest BCUT2D eigenvalue weighted by molar-refractivity contribution is 0.101. The Kier molecular flexibility index (Phi) is 8.24. The fraction of sp³-hybridized carbons (Fsp3) is 0.296. The Morgan fingerprint density at radius 2 is 1.71 bits per heavy atom. The van der Waals surface area contributed by atoms with E-state index in [9.17, 15) is 9.59 Å². The first-order chi connectivity index (χ1) is 16.4. The number of aromatic nitrogens is 2. The molecule has 0 aliphatic heterocycles. The van der Waals surface area contributed by atoms with Gasteiger partial charge in [-0.1, -0.05) is 44.2 Å². The fourth-order valence-corrected chi connectivity index (χ4v) is 3.63. The van der Waals surface area contributed by atoms with Crippen molar-refractivity contribution in [2.75, 3.05) is 26.5 Å². The van der Waals surface area contributed by atoms with Crippen LogP contribution in [-0.2, 0) is 19.4 Å². The zero-order valence-electron chi connectivity index (χ0n) is 20.5. The summed E-state index contributed by atoms with van der Waals surface area (Å²) in [5.74, 6) is 0.183. The molecule has 0 saturated heterocycles. The zero-order valence-corrected chi connectivity index (χ0v) is 20.5. The number of nitrogens with one attached hydrogen (secondary N) is 1. The molecular weight excluding hydrogens is 428 g/mol. The predicted molar refractivity (Wildman–Crippen MR) is 135 cm³/mol. The van der Waals surface area contributed by atoms with E-state index in [0.29, 0.717) is 12.2 Å². The van der Waals surface area contributed by atoms with Gasteiger partial charge in [0.1, 0.15) is 11.4 Å². The van der Waals surface area contributed by atoms with Gasteiger partial charge >= 0.3 is 0 Å². The van der Waals surface area contributed by atoms with Crippen LogP contribution in [0.4, 0.5) is 5.69 Å². The van der Waals surface area contributed by atoms with Gasteiger partial charge < -0.3 is 15.0 Å². The molecule has 1 heterocycles. The average molecular weight is 461 g/mol. The van der Waals surface area contributed by atoms with E-state index in [1.165, 1.54) is 6.08 Å². The van der Waals surface area contributed by atoms with Gasteiger partial charge in [0.2, 0.25) is 5.78 Å². The Balaban J connectivity index is 1.95. The van der Waals surface area contributed by atoms with Crippen LogP contribution in [0.2, 0.25) is 0 Å². The molecule has 0 fully saturated rings. The molecule has 0 radical (unpaired) electrons. The molecule has 7 heteroatoms. The number of anilines is 1. The fourth-order valence-electron chi connectivity index (χ4n) is 3.63. The molecule has 178 valence electrons. The number of amides is 1. The highest BCUT2D eigenvalue weighted by molar-refractivity contribution is 6.08. The maximum absolute atomic E-state index is 13.2. The number of carbonyl (C=O) groups is 2. The standard InChI is InChI=1S/C27H32N4O3/c1-6-20-9-8-10-21(7-2)26(20)28-27(33)23-17-24(25(32)15-16-30(3)4)31(29-23)18-19-11-13-22(34-5)14-12-19/h8-17H,6-7,18H2,1-5H3,(H,28,33). The molecule has 1 aromatic heterocycles. The number of nitrogens with zero attached hydrogens (tertiary/aromatic N) is 3. The molecule has 1 amide bonds. The average Bonchev–Trinajstić information content (AvgIpc) is 3.27. The minimum atomic E-state index is -0.338. The maximum Gasteiger partial charge on any atom is 0.276 e. The number of rotatable bonds is 10. The number of allylic oxidation sites excluding steroid dienone is 1. The van der Waals surface area contributed by atoms with Crippen molar-refractivity contribution in [1.82, 2.24) is 14.7 Å². The van der Waals surface area contributed by atoms with Crippen molar-refractivity contribution in [1.29, 1.82) is 0 Å². The van der Waals surface area contributed by atoms with E-state index in [1.807, 2.05) is 56.6 Å². The zero-order chi connectivity index (χ0) is 24.7. The van der Waals surface area contributed by atoms with Crippen LogP contribution < -0.4 is 10.1 Å². The lowest BCUT2D eigenvalue weighted by atomic mass is 10.0. The second kappa shape index (κ2) is 11.3. The third-order valence-corrected chi connectivity index (χ3v) is 5.52. The van der Waals surface area contributed by atoms with E-state index >= 15 is 0 Å². The molecule has 0 saturated carbocycles. The number of carbonyl (C=O) groups excluding carboxylic acids is 2. The van der Waals surface area contributed by atoms with Gasteiger partial charge in [0.15, 0.2) is 5.69 Å². The van der Waals surface area contributed by atoms with Crippen molar-refractivity contribution in [3.05, 3.63) is 88.9 Å². The van der Waals surface area contributed by atoms with Crippen LogP contribution in [0.5, 0.6) is 5.75 Å². The van der Waals surface area contributed by atoms with Gasteiger partial charge in [0, 0.05) is 38.1 Å². The van der Waals surface area contributed by atoms with E-state index in [0.717, 1.165) is 41.0 Å². The van der Waals surface area contributed by atoms with Crippen LogP contribution in [0, 0.1) is 0 Å². The van der Waals surface area contributed by atoms with E-state index in [4.69, 9.17) is 4.74 Å². The molecule has 0 bridgehead atoms. The van der Waals surface area contributed by atoms with Gasteiger partial charge in [-0.05, 0) is 41.7 Å². The number of benzene rings is 2. The predicted octanol–water partition coefficient (Wildman–Crippen LogP) is 4.58. The molecule has 0 spiro atoms. The van der Waals surface area contributed by atoms with Crippen LogP contribution in [0.3, 0.4) is 0 Å². The van der Waals surface area contributed by atoms with E-state index in [-0.39, 0.29) is 17.4 Å². The highest BCUT2D eigenvalue weighted by atomic mass is 16.5. The number of methoxy groups -OCH3 is 1. The minimum Gasteiger partial charge on any atom is -0.497 e. The van der Waals surface area contributed by atoms with E-state index < -0.39 is 0 Å². The van der Waals surface area contributed by atoms with Crippen LogP contribution in [0.1, 0.15) is 51.5 Å². The second-order valence-corrected chi connectivity index (χ2v) is 8.18. The monoisotopic (exact) mass is 460 g/mol. The Morgan fingerprint density at radius 3 is 2.26 bits per heavy atom. The number of ketones is 1. The lowest BCUT2D eigenvalue weighted by Crippen LogP contribution is -2.16. The third-order valence-electron chi connectivity index (χ3n) is 5.52. The number of hydrogen-bond acceptors (Lipinski definition) is 5. The molecule has 2 aromatic carbocycles. The Hall–Kier alpha value is -3.87. The van der Waals surface area contributed by atoms with Gasteiger partial charge in [-0.15, -0.1) is 0 Å². The van der Waals surface area contributed by atoms with Gasteiger partial charge in [-0.3, -0.25) is 14.3 Å². The highest BCUT2D eigenvalue weighted by Gasteiger charge is 2.20. The molecule has 3 aromatic rings. The molecule has 0 aliphatic rings. The maximum atomic E-state index is 13.2. The van der Waals surface area contributed by atoms with E-state index in [1.54, 1.807) is 29.0 Å². The Morgan fingerprint density at radius 1 is 1.06 bits per heavy atom. The van der Waals surface area contributed by atoms with Crippen molar-refractivity contribution < 1.29 is 14.3 Å². The number of aryl methyl sites for hydroxylation is 2. The van der Waals surface area contributed by atoms with Gasteiger partial charge in [0.25, 0.3) is 5.91 Å². The smallest absolute Gasteiger partial charge is 0.276 e. The van der Waals surface area contributed by atoms with Crippen molar-refractivity contribution >= 4 is 17.4 Å². The molecule has 0 atom stereocenters. The van der Waals surface area contributed by atoms with Crippen molar-refractivity contribution in [2.24, 2.45) is 0 Å². The van der Waals surface area contributed by atoms with Crippen LogP contribution in [-0.4, -0.2) is 47.6 Å². The molecule has 1 N–H and O–H groups in total. The number of hydrogen-bond donors (Lipinski definition) is 1. The van der Waals surface area contributed by atoms with Gasteiger partial charge in [0.05, 0.1) is 13.7 Å². The van der Waals surface area contributed by atoms with Crippen LogP contribution in [0.25, 0.3) is 0 Å².